The minimum Gasteiger partial charge on any atom is -0.378 e. The molecule has 1 aliphatic rings. The van der Waals surface area contributed by atoms with E-state index in [0.717, 1.165) is 29.9 Å². The van der Waals surface area contributed by atoms with E-state index in [1.165, 1.54) is 5.56 Å². The maximum Gasteiger partial charge on any atom is 0.227 e. The van der Waals surface area contributed by atoms with Crippen molar-refractivity contribution in [3.8, 4) is 0 Å². The van der Waals surface area contributed by atoms with E-state index in [1.807, 2.05) is 42.5 Å². The van der Waals surface area contributed by atoms with Gasteiger partial charge in [0.1, 0.15) is 5.82 Å². The quantitative estimate of drug-likeness (QED) is 0.317. The van der Waals surface area contributed by atoms with Crippen LogP contribution < -0.4 is 10.2 Å². The van der Waals surface area contributed by atoms with E-state index in [4.69, 9.17) is 31.3 Å². The molecule has 0 saturated carbocycles. The largest absolute Gasteiger partial charge is 0.378 e. The van der Waals surface area contributed by atoms with Gasteiger partial charge < -0.3 is 15.0 Å². The number of nitrogens with zero attached hydrogens (tertiary/aromatic N) is 5. The van der Waals surface area contributed by atoms with Crippen molar-refractivity contribution in [3.63, 3.8) is 0 Å². The molecule has 0 amide bonds. The molecule has 0 bridgehead atoms. The molecule has 2 aromatic carbocycles. The fraction of sp³-hybridized carbons (Fsp3) is 0.217. The maximum atomic E-state index is 6.04. The molecule has 0 spiro atoms. The zero-order valence-corrected chi connectivity index (χ0v) is 18.8. The summed E-state index contributed by atoms with van der Waals surface area (Å²) in [4.78, 5) is 21.0. The first-order chi connectivity index (χ1) is 15.7. The van der Waals surface area contributed by atoms with Gasteiger partial charge in [0.2, 0.25) is 5.95 Å². The van der Waals surface area contributed by atoms with E-state index in [9.17, 15) is 0 Å². The van der Waals surface area contributed by atoms with Gasteiger partial charge in [-0.05, 0) is 29.8 Å². The van der Waals surface area contributed by atoms with Gasteiger partial charge in [-0.25, -0.2) is 15.0 Å². The Morgan fingerprint density at radius 1 is 0.969 bits per heavy atom. The van der Waals surface area contributed by atoms with Gasteiger partial charge in [0.25, 0.3) is 0 Å². The van der Waals surface area contributed by atoms with Crippen LogP contribution in [-0.4, -0.2) is 46.2 Å². The molecule has 7 nitrogen and oxygen atoms in total. The second kappa shape index (κ2) is 9.68. The molecule has 1 N–H and O–H groups in total. The zero-order chi connectivity index (χ0) is 21.8. The topological polar surface area (TPSA) is 76.1 Å². The highest BCUT2D eigenvalue weighted by Gasteiger charge is 2.17. The number of nitrogens with one attached hydrogen (secondary N) is 1. The number of morpholine rings is 1. The fourth-order valence-electron chi connectivity index (χ4n) is 3.36. The number of hydrogen-bond donors (Lipinski definition) is 1. The number of ether oxygens (including phenoxy) is 1. The van der Waals surface area contributed by atoms with Gasteiger partial charge >= 0.3 is 0 Å². The van der Waals surface area contributed by atoms with Crippen LogP contribution in [0, 0.1) is 0 Å². The third-order valence-corrected chi connectivity index (χ3v) is 6.20. The number of fused-ring (bicyclic) bond motifs is 1. The summed E-state index contributed by atoms with van der Waals surface area (Å²) in [5.41, 5.74) is 2.71. The van der Waals surface area contributed by atoms with Crippen molar-refractivity contribution >= 4 is 51.8 Å². The lowest BCUT2D eigenvalue weighted by atomic mass is 10.2. The first-order valence-corrected chi connectivity index (χ1v) is 11.7. The average Bonchev–Trinajstić information content (AvgIpc) is 2.85. The molecule has 4 aromatic rings. The summed E-state index contributed by atoms with van der Waals surface area (Å²) in [7, 11) is 0. The molecule has 2 aromatic heterocycles. The van der Waals surface area contributed by atoms with E-state index in [1.54, 1.807) is 18.0 Å². The Kier molecular flexibility index (Phi) is 6.34. The fourth-order valence-corrected chi connectivity index (χ4v) is 4.28. The third kappa shape index (κ3) is 4.93. The van der Waals surface area contributed by atoms with Crippen LogP contribution in [0.5, 0.6) is 0 Å². The second-order valence-electron chi connectivity index (χ2n) is 7.27. The normalized spacial score (nSPS) is 14.0. The molecule has 3 heterocycles. The van der Waals surface area contributed by atoms with E-state index in [-0.39, 0.29) is 0 Å². The number of benzene rings is 2. The molecule has 0 atom stereocenters. The molecule has 1 fully saturated rings. The smallest absolute Gasteiger partial charge is 0.227 e. The number of aromatic nitrogens is 4. The molecule has 32 heavy (non-hydrogen) atoms. The Labute approximate surface area is 195 Å². The van der Waals surface area contributed by atoms with Crippen molar-refractivity contribution in [1.29, 1.82) is 0 Å². The molecule has 0 unspecified atom stereocenters. The monoisotopic (exact) mass is 464 g/mol. The minimum absolute atomic E-state index is 0.614. The lowest BCUT2D eigenvalue weighted by Gasteiger charge is -2.26. The van der Waals surface area contributed by atoms with Crippen LogP contribution in [-0.2, 0) is 10.5 Å². The SMILES string of the molecule is Clc1ccc(Nc2nc(SCc3ccccc3)nc3nc(N4CCOCC4)ncc23)cc1. The molecule has 5 rings (SSSR count). The number of anilines is 3. The number of hydrogen-bond acceptors (Lipinski definition) is 8. The highest BCUT2D eigenvalue weighted by Crippen LogP contribution is 2.29. The van der Waals surface area contributed by atoms with Gasteiger partial charge in [-0.15, -0.1) is 0 Å². The maximum absolute atomic E-state index is 6.04. The Bertz CT molecular complexity index is 1200. The van der Waals surface area contributed by atoms with Crippen LogP contribution in [0.2, 0.25) is 5.02 Å². The van der Waals surface area contributed by atoms with Crippen LogP contribution in [0.3, 0.4) is 0 Å². The standard InChI is InChI=1S/C23H21ClN6OS/c24-17-6-8-18(9-7-17)26-20-19-14-25-22(30-10-12-31-13-11-30)27-21(19)29-23(28-20)32-15-16-4-2-1-3-5-16/h1-9,14H,10-13,15H2,(H,25,26,27,28,29). The van der Waals surface area contributed by atoms with Gasteiger partial charge in [0, 0.05) is 35.7 Å². The Hall–Kier alpha value is -2.94. The molecule has 1 saturated heterocycles. The first-order valence-electron chi connectivity index (χ1n) is 10.3. The van der Waals surface area contributed by atoms with Crippen LogP contribution in [0.4, 0.5) is 17.5 Å². The second-order valence-corrected chi connectivity index (χ2v) is 8.65. The molecule has 9 heteroatoms. The van der Waals surface area contributed by atoms with Crippen molar-refractivity contribution in [2.75, 3.05) is 36.5 Å². The van der Waals surface area contributed by atoms with Crippen molar-refractivity contribution in [2.24, 2.45) is 0 Å². The summed E-state index contributed by atoms with van der Waals surface area (Å²) in [6.07, 6.45) is 1.79. The summed E-state index contributed by atoms with van der Waals surface area (Å²) >= 11 is 7.61. The highest BCUT2D eigenvalue weighted by atomic mass is 35.5. The Morgan fingerprint density at radius 3 is 2.53 bits per heavy atom. The molecule has 0 radical (unpaired) electrons. The Balaban J connectivity index is 1.50. The first kappa shape index (κ1) is 20.9. The molecular formula is C23H21ClN6OS. The Morgan fingerprint density at radius 2 is 1.75 bits per heavy atom. The van der Waals surface area contributed by atoms with E-state index < -0.39 is 0 Å². The molecular weight excluding hydrogens is 444 g/mol. The number of rotatable bonds is 6. The van der Waals surface area contributed by atoms with Gasteiger partial charge in [0.15, 0.2) is 10.8 Å². The summed E-state index contributed by atoms with van der Waals surface area (Å²) in [6, 6.07) is 17.8. The zero-order valence-electron chi connectivity index (χ0n) is 17.2. The van der Waals surface area contributed by atoms with E-state index in [2.05, 4.69) is 27.3 Å². The average molecular weight is 465 g/mol. The third-order valence-electron chi connectivity index (χ3n) is 5.03. The van der Waals surface area contributed by atoms with Crippen molar-refractivity contribution in [2.45, 2.75) is 10.9 Å². The van der Waals surface area contributed by atoms with Gasteiger partial charge in [0.05, 0.1) is 18.6 Å². The summed E-state index contributed by atoms with van der Waals surface area (Å²) in [5.74, 6) is 2.10. The lowest BCUT2D eigenvalue weighted by Crippen LogP contribution is -2.37. The number of halogens is 1. The summed E-state index contributed by atoms with van der Waals surface area (Å²) in [5, 5.41) is 5.48. The number of thioether (sulfide) groups is 1. The highest BCUT2D eigenvalue weighted by molar-refractivity contribution is 7.98. The molecule has 0 aliphatic carbocycles. The van der Waals surface area contributed by atoms with Crippen LogP contribution in [0.1, 0.15) is 5.56 Å². The van der Waals surface area contributed by atoms with Crippen molar-refractivity contribution < 1.29 is 4.74 Å². The van der Waals surface area contributed by atoms with Crippen molar-refractivity contribution in [1.82, 2.24) is 19.9 Å². The van der Waals surface area contributed by atoms with Crippen LogP contribution in [0.15, 0.2) is 66.0 Å². The van der Waals surface area contributed by atoms with Crippen LogP contribution in [0.25, 0.3) is 11.0 Å². The summed E-state index contributed by atoms with van der Waals surface area (Å²) < 4.78 is 5.45. The lowest BCUT2D eigenvalue weighted by molar-refractivity contribution is 0.122. The van der Waals surface area contributed by atoms with E-state index >= 15 is 0 Å². The van der Waals surface area contributed by atoms with Gasteiger partial charge in [-0.3, -0.25) is 0 Å². The van der Waals surface area contributed by atoms with Crippen LogP contribution >= 0.6 is 23.4 Å². The molecule has 162 valence electrons. The summed E-state index contributed by atoms with van der Waals surface area (Å²) in [6.45, 7) is 2.88. The molecule has 1 aliphatic heterocycles. The predicted molar refractivity (Wildman–Crippen MR) is 129 cm³/mol. The van der Waals surface area contributed by atoms with Crippen molar-refractivity contribution in [3.05, 3.63) is 71.4 Å². The minimum atomic E-state index is 0.614. The van der Waals surface area contributed by atoms with Gasteiger partial charge in [-0.1, -0.05) is 53.7 Å². The van der Waals surface area contributed by atoms with Gasteiger partial charge in [-0.2, -0.15) is 4.98 Å². The van der Waals surface area contributed by atoms with E-state index in [0.29, 0.717) is 40.8 Å². The predicted octanol–water partition coefficient (Wildman–Crippen LogP) is 4.95.